The highest BCUT2D eigenvalue weighted by Crippen LogP contribution is 2.31. The molecule has 2 rings (SSSR count). The number of carboxylic acid groups (broad SMARTS) is 1. The second-order valence-corrected chi connectivity index (χ2v) is 5.33. The third kappa shape index (κ3) is 3.27. The number of aromatic hydroxyl groups is 1. The molecule has 1 aliphatic rings. The summed E-state index contributed by atoms with van der Waals surface area (Å²) in [5.74, 6) is -1.60. The van der Waals surface area contributed by atoms with Gasteiger partial charge in [0.2, 0.25) is 5.91 Å². The standard InChI is InChI=1S/C14H18N2O4/c15-14(5-1-2-6-14)8-12(18)16-10-7-9(13(19)20)3-4-11(10)17/h3-4,7,17H,1-2,5-6,8,15H2,(H,16,18)(H,19,20). The van der Waals surface area contributed by atoms with Crippen LogP contribution in [0.2, 0.25) is 0 Å². The first-order valence-electron chi connectivity index (χ1n) is 6.55. The van der Waals surface area contributed by atoms with Crippen LogP contribution in [-0.4, -0.2) is 27.6 Å². The lowest BCUT2D eigenvalue weighted by molar-refractivity contribution is -0.117. The van der Waals surface area contributed by atoms with Crippen LogP contribution in [0.25, 0.3) is 0 Å². The first-order valence-corrected chi connectivity index (χ1v) is 6.55. The Kier molecular flexibility index (Phi) is 3.94. The number of amides is 1. The maximum Gasteiger partial charge on any atom is 0.335 e. The minimum atomic E-state index is -1.12. The van der Waals surface area contributed by atoms with Gasteiger partial charge in [-0.25, -0.2) is 4.79 Å². The van der Waals surface area contributed by atoms with Crippen LogP contribution in [0.3, 0.4) is 0 Å². The van der Waals surface area contributed by atoms with Gasteiger partial charge in [0, 0.05) is 12.0 Å². The van der Waals surface area contributed by atoms with Crippen molar-refractivity contribution in [2.24, 2.45) is 5.73 Å². The molecule has 1 saturated carbocycles. The monoisotopic (exact) mass is 278 g/mol. The normalized spacial score (nSPS) is 16.9. The molecule has 0 saturated heterocycles. The summed E-state index contributed by atoms with van der Waals surface area (Å²) in [6, 6.07) is 3.75. The summed E-state index contributed by atoms with van der Waals surface area (Å²) >= 11 is 0. The van der Waals surface area contributed by atoms with Gasteiger partial charge in [0.15, 0.2) is 0 Å². The largest absolute Gasteiger partial charge is 0.506 e. The van der Waals surface area contributed by atoms with E-state index in [1.807, 2.05) is 0 Å². The molecule has 1 aromatic rings. The van der Waals surface area contributed by atoms with E-state index in [2.05, 4.69) is 5.32 Å². The first-order chi connectivity index (χ1) is 9.39. The summed E-state index contributed by atoms with van der Waals surface area (Å²) in [4.78, 5) is 22.8. The summed E-state index contributed by atoms with van der Waals surface area (Å²) in [6.45, 7) is 0. The molecule has 0 unspecified atom stereocenters. The van der Waals surface area contributed by atoms with Gasteiger partial charge in [-0.15, -0.1) is 0 Å². The number of carboxylic acids is 1. The highest BCUT2D eigenvalue weighted by atomic mass is 16.4. The summed E-state index contributed by atoms with van der Waals surface area (Å²) in [5, 5.41) is 21.1. The Hall–Kier alpha value is -2.08. The number of phenolic OH excluding ortho intramolecular Hbond substituents is 1. The number of hydrogen-bond acceptors (Lipinski definition) is 4. The van der Waals surface area contributed by atoms with Crippen molar-refractivity contribution in [2.75, 3.05) is 5.32 Å². The smallest absolute Gasteiger partial charge is 0.335 e. The number of nitrogens with one attached hydrogen (secondary N) is 1. The van der Waals surface area contributed by atoms with Gasteiger partial charge in [0.25, 0.3) is 0 Å². The Morgan fingerprint density at radius 1 is 1.30 bits per heavy atom. The predicted octanol–water partition coefficient (Wildman–Crippen LogP) is 1.69. The zero-order valence-electron chi connectivity index (χ0n) is 11.1. The SMILES string of the molecule is NC1(CC(=O)Nc2cc(C(=O)O)ccc2O)CCCC1. The Labute approximate surface area is 116 Å². The fraction of sp³-hybridized carbons (Fsp3) is 0.429. The zero-order valence-corrected chi connectivity index (χ0v) is 11.1. The third-order valence-electron chi connectivity index (χ3n) is 3.63. The van der Waals surface area contributed by atoms with Crippen molar-refractivity contribution in [3.8, 4) is 5.75 Å². The molecule has 0 aromatic heterocycles. The number of carbonyl (C=O) groups excluding carboxylic acids is 1. The lowest BCUT2D eigenvalue weighted by atomic mass is 9.94. The van der Waals surface area contributed by atoms with Gasteiger partial charge in [-0.3, -0.25) is 4.79 Å². The average Bonchev–Trinajstić information content (AvgIpc) is 2.78. The van der Waals surface area contributed by atoms with Gasteiger partial charge < -0.3 is 21.3 Å². The molecule has 0 atom stereocenters. The minimum absolute atomic E-state index is 0.00132. The van der Waals surface area contributed by atoms with E-state index in [-0.39, 0.29) is 29.3 Å². The topological polar surface area (TPSA) is 113 Å². The lowest BCUT2D eigenvalue weighted by Gasteiger charge is -2.22. The molecule has 1 aliphatic carbocycles. The Morgan fingerprint density at radius 2 is 1.95 bits per heavy atom. The van der Waals surface area contributed by atoms with Crippen molar-refractivity contribution in [3.05, 3.63) is 23.8 Å². The summed E-state index contributed by atoms with van der Waals surface area (Å²) in [5.41, 5.74) is 5.73. The van der Waals surface area contributed by atoms with Crippen LogP contribution in [0.1, 0.15) is 42.5 Å². The van der Waals surface area contributed by atoms with E-state index in [1.165, 1.54) is 18.2 Å². The Bertz CT molecular complexity index is 536. The van der Waals surface area contributed by atoms with E-state index in [0.29, 0.717) is 0 Å². The van der Waals surface area contributed by atoms with Crippen molar-refractivity contribution >= 4 is 17.6 Å². The van der Waals surface area contributed by atoms with Crippen molar-refractivity contribution in [2.45, 2.75) is 37.6 Å². The Balaban J connectivity index is 2.07. The molecule has 0 heterocycles. The van der Waals surface area contributed by atoms with Crippen LogP contribution in [0.15, 0.2) is 18.2 Å². The fourth-order valence-electron chi connectivity index (χ4n) is 2.54. The van der Waals surface area contributed by atoms with Crippen molar-refractivity contribution in [1.29, 1.82) is 0 Å². The van der Waals surface area contributed by atoms with E-state index in [0.717, 1.165) is 25.7 Å². The predicted molar refractivity (Wildman–Crippen MR) is 73.7 cm³/mol. The molecule has 108 valence electrons. The van der Waals surface area contributed by atoms with E-state index in [1.54, 1.807) is 0 Å². The molecule has 1 aromatic carbocycles. The minimum Gasteiger partial charge on any atom is -0.506 e. The van der Waals surface area contributed by atoms with Crippen LogP contribution in [0.5, 0.6) is 5.75 Å². The summed E-state index contributed by atoms with van der Waals surface area (Å²) in [7, 11) is 0. The Morgan fingerprint density at radius 3 is 2.55 bits per heavy atom. The lowest BCUT2D eigenvalue weighted by Crippen LogP contribution is -2.40. The number of hydrogen-bond donors (Lipinski definition) is 4. The van der Waals surface area contributed by atoms with Crippen LogP contribution in [-0.2, 0) is 4.79 Å². The maximum atomic E-state index is 12.0. The summed E-state index contributed by atoms with van der Waals surface area (Å²) in [6.07, 6.45) is 3.82. The molecule has 6 nitrogen and oxygen atoms in total. The maximum absolute atomic E-state index is 12.0. The van der Waals surface area contributed by atoms with Crippen LogP contribution in [0, 0.1) is 0 Å². The highest BCUT2D eigenvalue weighted by molar-refractivity contribution is 5.95. The number of phenols is 1. The number of nitrogens with two attached hydrogens (primary N) is 1. The molecule has 0 spiro atoms. The number of anilines is 1. The van der Waals surface area contributed by atoms with Gasteiger partial charge in [-0.1, -0.05) is 12.8 Å². The van der Waals surface area contributed by atoms with Gasteiger partial charge in [0.1, 0.15) is 5.75 Å². The van der Waals surface area contributed by atoms with Crippen LogP contribution in [0.4, 0.5) is 5.69 Å². The van der Waals surface area contributed by atoms with Crippen LogP contribution >= 0.6 is 0 Å². The van der Waals surface area contributed by atoms with Gasteiger partial charge in [-0.05, 0) is 31.0 Å². The molecule has 6 heteroatoms. The molecular weight excluding hydrogens is 260 g/mol. The van der Waals surface area contributed by atoms with E-state index in [9.17, 15) is 14.7 Å². The zero-order chi connectivity index (χ0) is 14.8. The number of rotatable bonds is 4. The molecule has 5 N–H and O–H groups in total. The highest BCUT2D eigenvalue weighted by Gasteiger charge is 2.31. The van der Waals surface area contributed by atoms with Gasteiger partial charge >= 0.3 is 5.97 Å². The molecule has 0 radical (unpaired) electrons. The van der Waals surface area contributed by atoms with E-state index < -0.39 is 11.5 Å². The second kappa shape index (κ2) is 5.50. The van der Waals surface area contributed by atoms with Crippen molar-refractivity contribution in [3.63, 3.8) is 0 Å². The number of aromatic carboxylic acids is 1. The molecule has 20 heavy (non-hydrogen) atoms. The van der Waals surface area contributed by atoms with Crippen molar-refractivity contribution in [1.82, 2.24) is 0 Å². The summed E-state index contributed by atoms with van der Waals surface area (Å²) < 4.78 is 0. The quantitative estimate of drug-likeness (QED) is 0.626. The molecular formula is C14H18N2O4. The average molecular weight is 278 g/mol. The molecule has 1 fully saturated rings. The third-order valence-corrected chi connectivity index (χ3v) is 3.63. The van der Waals surface area contributed by atoms with Gasteiger partial charge in [-0.2, -0.15) is 0 Å². The van der Waals surface area contributed by atoms with E-state index in [4.69, 9.17) is 10.8 Å². The fourth-order valence-corrected chi connectivity index (χ4v) is 2.54. The molecule has 0 bridgehead atoms. The number of carbonyl (C=O) groups is 2. The molecule has 1 amide bonds. The van der Waals surface area contributed by atoms with Crippen LogP contribution < -0.4 is 11.1 Å². The van der Waals surface area contributed by atoms with Crippen molar-refractivity contribution < 1.29 is 19.8 Å². The first kappa shape index (κ1) is 14.3. The second-order valence-electron chi connectivity index (χ2n) is 5.33. The number of benzene rings is 1. The van der Waals surface area contributed by atoms with E-state index >= 15 is 0 Å². The molecule has 0 aliphatic heterocycles. The van der Waals surface area contributed by atoms with Gasteiger partial charge in [0.05, 0.1) is 11.3 Å².